The third-order valence-corrected chi connectivity index (χ3v) is 5.63. The molecule has 1 aromatic carbocycles. The zero-order valence-electron chi connectivity index (χ0n) is 17.5. The van der Waals surface area contributed by atoms with Crippen molar-refractivity contribution in [3.63, 3.8) is 0 Å². The Balaban J connectivity index is 1.31. The molecule has 28 heavy (non-hydrogen) atoms. The Morgan fingerprint density at radius 2 is 2.14 bits per heavy atom. The van der Waals surface area contributed by atoms with E-state index in [4.69, 9.17) is 9.47 Å². The second-order valence-electron chi connectivity index (χ2n) is 7.82. The molecule has 0 spiro atoms. The Morgan fingerprint density at radius 1 is 1.29 bits per heavy atom. The number of aliphatic imine (C=N–C) groups is 1. The van der Waals surface area contributed by atoms with Gasteiger partial charge in [-0.25, -0.2) is 0 Å². The number of benzene rings is 1. The first-order valence-corrected chi connectivity index (χ1v) is 10.7. The highest BCUT2D eigenvalue weighted by atomic mass is 16.5. The van der Waals surface area contributed by atoms with E-state index in [0.29, 0.717) is 5.92 Å². The molecule has 0 unspecified atom stereocenters. The van der Waals surface area contributed by atoms with E-state index in [9.17, 15) is 0 Å². The highest BCUT2D eigenvalue weighted by Crippen LogP contribution is 2.26. The van der Waals surface area contributed by atoms with Crippen molar-refractivity contribution in [3.8, 4) is 0 Å². The van der Waals surface area contributed by atoms with E-state index in [1.807, 2.05) is 7.05 Å². The number of ether oxygens (including phenoxy) is 2. The second-order valence-corrected chi connectivity index (χ2v) is 7.82. The molecule has 2 heterocycles. The molecule has 156 valence electrons. The summed E-state index contributed by atoms with van der Waals surface area (Å²) in [5, 5.41) is 6.80. The molecule has 3 rings (SSSR count). The second kappa shape index (κ2) is 11.3. The fraction of sp³-hybridized carbons (Fsp3) is 0.682. The normalized spacial score (nSPS) is 18.1. The van der Waals surface area contributed by atoms with Crippen LogP contribution in [0.4, 0.5) is 5.69 Å². The summed E-state index contributed by atoms with van der Waals surface area (Å²) < 4.78 is 11.2. The van der Waals surface area contributed by atoms with Crippen LogP contribution in [0.1, 0.15) is 36.8 Å². The van der Waals surface area contributed by atoms with Gasteiger partial charge in [-0.3, -0.25) is 4.99 Å². The van der Waals surface area contributed by atoms with Crippen molar-refractivity contribution in [1.29, 1.82) is 0 Å². The number of guanidine groups is 1. The Kier molecular flexibility index (Phi) is 8.42. The van der Waals surface area contributed by atoms with Gasteiger partial charge in [0.1, 0.15) is 0 Å². The zero-order valence-corrected chi connectivity index (χ0v) is 17.5. The quantitative estimate of drug-likeness (QED) is 0.407. The number of fused-ring (bicyclic) bond motifs is 1. The standard InChI is InChI=1S/C22H36N4O2/c1-23-22(24-10-4-12-28-17-18-8-13-27-14-9-18)25-16-19-6-7-21-20(15-19)5-3-11-26(21)2/h6-7,15,18H,3-5,8-14,16-17H2,1-2H3,(H2,23,24,25). The predicted octanol–water partition coefficient (Wildman–Crippen LogP) is 2.57. The number of hydrogen-bond donors (Lipinski definition) is 2. The van der Waals surface area contributed by atoms with Crippen molar-refractivity contribution < 1.29 is 9.47 Å². The Bertz CT molecular complexity index is 629. The van der Waals surface area contributed by atoms with Crippen LogP contribution in [0.25, 0.3) is 0 Å². The van der Waals surface area contributed by atoms with Crippen LogP contribution in [-0.4, -0.2) is 59.6 Å². The lowest BCUT2D eigenvalue weighted by Gasteiger charge is -2.28. The molecule has 1 aromatic rings. The minimum absolute atomic E-state index is 0.674. The van der Waals surface area contributed by atoms with Gasteiger partial charge >= 0.3 is 0 Å². The highest BCUT2D eigenvalue weighted by molar-refractivity contribution is 5.79. The lowest BCUT2D eigenvalue weighted by Crippen LogP contribution is -2.37. The average molecular weight is 389 g/mol. The van der Waals surface area contributed by atoms with Crippen molar-refractivity contribution in [2.75, 3.05) is 58.5 Å². The van der Waals surface area contributed by atoms with Crippen LogP contribution in [0.2, 0.25) is 0 Å². The van der Waals surface area contributed by atoms with Crippen LogP contribution >= 0.6 is 0 Å². The molecule has 0 saturated carbocycles. The summed E-state index contributed by atoms with van der Waals surface area (Å²) in [6.45, 7) is 6.24. The van der Waals surface area contributed by atoms with Gasteiger partial charge in [-0.2, -0.15) is 0 Å². The zero-order chi connectivity index (χ0) is 19.6. The molecular weight excluding hydrogens is 352 g/mol. The Hall–Kier alpha value is -1.79. The Morgan fingerprint density at radius 3 is 2.96 bits per heavy atom. The Labute approximate surface area is 169 Å². The van der Waals surface area contributed by atoms with Crippen LogP contribution in [0.3, 0.4) is 0 Å². The summed E-state index contributed by atoms with van der Waals surface area (Å²) in [4.78, 5) is 6.67. The van der Waals surface area contributed by atoms with Crippen molar-refractivity contribution in [2.24, 2.45) is 10.9 Å². The van der Waals surface area contributed by atoms with Gasteiger partial charge in [0.2, 0.25) is 0 Å². The number of nitrogens with one attached hydrogen (secondary N) is 2. The van der Waals surface area contributed by atoms with Crippen LogP contribution in [0, 0.1) is 5.92 Å². The minimum atomic E-state index is 0.674. The highest BCUT2D eigenvalue weighted by Gasteiger charge is 2.14. The topological polar surface area (TPSA) is 58.1 Å². The van der Waals surface area contributed by atoms with Gasteiger partial charge in [-0.1, -0.05) is 12.1 Å². The van der Waals surface area contributed by atoms with E-state index in [1.165, 1.54) is 29.7 Å². The van der Waals surface area contributed by atoms with Gasteiger partial charge in [0.05, 0.1) is 0 Å². The van der Waals surface area contributed by atoms with Gasteiger partial charge in [-0.15, -0.1) is 0 Å². The lowest BCUT2D eigenvalue weighted by atomic mass is 9.99. The molecule has 0 radical (unpaired) electrons. The van der Waals surface area contributed by atoms with Crippen molar-refractivity contribution >= 4 is 11.6 Å². The molecule has 0 bridgehead atoms. The third kappa shape index (κ3) is 6.38. The molecule has 0 atom stereocenters. The number of anilines is 1. The van der Waals surface area contributed by atoms with Crippen LogP contribution < -0.4 is 15.5 Å². The summed E-state index contributed by atoms with van der Waals surface area (Å²) in [6, 6.07) is 6.79. The monoisotopic (exact) mass is 388 g/mol. The van der Waals surface area contributed by atoms with Gasteiger partial charge < -0.3 is 25.0 Å². The first-order chi connectivity index (χ1) is 13.8. The molecule has 6 nitrogen and oxygen atoms in total. The maximum atomic E-state index is 5.82. The minimum Gasteiger partial charge on any atom is -0.381 e. The summed E-state index contributed by atoms with van der Waals surface area (Å²) >= 11 is 0. The fourth-order valence-corrected chi connectivity index (χ4v) is 3.90. The van der Waals surface area contributed by atoms with Crippen molar-refractivity contribution in [2.45, 2.75) is 38.6 Å². The average Bonchev–Trinajstić information content (AvgIpc) is 2.73. The number of aryl methyl sites for hydroxylation is 1. The maximum absolute atomic E-state index is 5.82. The molecule has 2 aliphatic heterocycles. The maximum Gasteiger partial charge on any atom is 0.191 e. The predicted molar refractivity (Wildman–Crippen MR) is 115 cm³/mol. The van der Waals surface area contributed by atoms with E-state index >= 15 is 0 Å². The third-order valence-electron chi connectivity index (χ3n) is 5.63. The lowest BCUT2D eigenvalue weighted by molar-refractivity contribution is 0.0203. The number of nitrogens with zero attached hydrogens (tertiary/aromatic N) is 2. The first kappa shape index (κ1) is 20.9. The van der Waals surface area contributed by atoms with E-state index in [-0.39, 0.29) is 0 Å². The SMILES string of the molecule is CN=C(NCCCOCC1CCOCC1)NCc1ccc2c(c1)CCCN2C. The molecule has 0 aliphatic carbocycles. The van der Waals surface area contributed by atoms with Crippen LogP contribution in [0.15, 0.2) is 23.2 Å². The summed E-state index contributed by atoms with van der Waals surface area (Å²) in [7, 11) is 3.99. The molecule has 6 heteroatoms. The van der Waals surface area contributed by atoms with Crippen molar-refractivity contribution in [1.82, 2.24) is 10.6 Å². The molecule has 0 amide bonds. The summed E-state index contributed by atoms with van der Waals surface area (Å²) in [6.07, 6.45) is 5.66. The van der Waals surface area contributed by atoms with Crippen molar-refractivity contribution in [3.05, 3.63) is 29.3 Å². The van der Waals surface area contributed by atoms with Gasteiger partial charge in [0.15, 0.2) is 5.96 Å². The summed E-state index contributed by atoms with van der Waals surface area (Å²) in [5.74, 6) is 1.52. The van der Waals surface area contributed by atoms with E-state index < -0.39 is 0 Å². The molecule has 1 fully saturated rings. The fourth-order valence-electron chi connectivity index (χ4n) is 3.90. The van der Waals surface area contributed by atoms with Crippen LogP contribution in [0.5, 0.6) is 0 Å². The number of hydrogen-bond acceptors (Lipinski definition) is 4. The van der Waals surface area contributed by atoms with E-state index in [2.05, 4.69) is 45.8 Å². The van der Waals surface area contributed by atoms with Crippen LogP contribution in [-0.2, 0) is 22.4 Å². The van der Waals surface area contributed by atoms with E-state index in [0.717, 1.165) is 71.3 Å². The smallest absolute Gasteiger partial charge is 0.191 e. The molecule has 2 aliphatic rings. The molecule has 1 saturated heterocycles. The van der Waals surface area contributed by atoms with Gasteiger partial charge in [0.25, 0.3) is 0 Å². The summed E-state index contributed by atoms with van der Waals surface area (Å²) in [5.41, 5.74) is 4.13. The molecule has 0 aromatic heterocycles. The number of rotatable bonds is 8. The van der Waals surface area contributed by atoms with Gasteiger partial charge in [-0.05, 0) is 55.2 Å². The van der Waals surface area contributed by atoms with Gasteiger partial charge in [0, 0.05) is 65.8 Å². The molecular formula is C22H36N4O2. The molecule has 2 N–H and O–H groups in total. The van der Waals surface area contributed by atoms with E-state index in [1.54, 1.807) is 0 Å². The first-order valence-electron chi connectivity index (χ1n) is 10.7. The largest absolute Gasteiger partial charge is 0.381 e.